The van der Waals surface area contributed by atoms with E-state index in [4.69, 9.17) is 4.74 Å². The van der Waals surface area contributed by atoms with Gasteiger partial charge in [0.25, 0.3) is 0 Å². The van der Waals surface area contributed by atoms with Crippen LogP contribution in [-0.4, -0.2) is 5.60 Å². The van der Waals surface area contributed by atoms with Gasteiger partial charge in [-0.1, -0.05) is 28.1 Å². The first-order valence-electron chi connectivity index (χ1n) is 7.42. The Morgan fingerprint density at radius 3 is 2.67 bits per heavy atom. The number of benzene rings is 1. The van der Waals surface area contributed by atoms with E-state index in [-0.39, 0.29) is 5.60 Å². The molecule has 0 fully saturated rings. The van der Waals surface area contributed by atoms with Crippen LogP contribution in [0.5, 0.6) is 0 Å². The summed E-state index contributed by atoms with van der Waals surface area (Å²) in [7, 11) is 0. The topological polar surface area (TPSA) is 9.23 Å². The third kappa shape index (κ3) is 2.87. The van der Waals surface area contributed by atoms with Gasteiger partial charge in [0.15, 0.2) is 0 Å². The van der Waals surface area contributed by atoms with E-state index in [0.717, 1.165) is 16.7 Å². The van der Waals surface area contributed by atoms with Gasteiger partial charge in [0.2, 0.25) is 0 Å². The molecule has 2 aliphatic rings. The van der Waals surface area contributed by atoms with E-state index in [1.54, 1.807) is 0 Å². The first-order chi connectivity index (χ1) is 9.85. The van der Waals surface area contributed by atoms with Crippen molar-refractivity contribution in [2.75, 3.05) is 0 Å². The molecule has 3 rings (SSSR count). The second-order valence-electron chi connectivity index (χ2n) is 6.56. The van der Waals surface area contributed by atoms with Gasteiger partial charge in [-0.25, -0.2) is 0 Å². The molecule has 1 atom stereocenters. The summed E-state index contributed by atoms with van der Waals surface area (Å²) in [6.07, 6.45) is 7.63. The predicted molar refractivity (Wildman–Crippen MR) is 91.3 cm³/mol. The average molecular weight is 345 g/mol. The van der Waals surface area contributed by atoms with Crippen LogP contribution in [0.2, 0.25) is 0 Å². The van der Waals surface area contributed by atoms with Crippen molar-refractivity contribution in [1.82, 2.24) is 0 Å². The standard InChI is InChI=1S/C19H21BrO/c1-12-8-14(10-15(20)9-12)16-6-5-7-17-18(16)13(2)11-19(3,4)21-17/h5,7-11,16H,6H2,1-4H3/t16-/m1/s1. The zero-order valence-electron chi connectivity index (χ0n) is 13.0. The lowest BCUT2D eigenvalue weighted by molar-refractivity contribution is 0.0777. The molecule has 0 radical (unpaired) electrons. The molecular formula is C19H21BrO. The number of ether oxygens (including phenoxy) is 1. The van der Waals surface area contributed by atoms with Crippen molar-refractivity contribution >= 4 is 15.9 Å². The van der Waals surface area contributed by atoms with Crippen LogP contribution < -0.4 is 0 Å². The zero-order valence-corrected chi connectivity index (χ0v) is 14.6. The maximum absolute atomic E-state index is 6.17. The van der Waals surface area contributed by atoms with Gasteiger partial charge in [-0.05, 0) is 75.1 Å². The number of hydrogen-bond acceptors (Lipinski definition) is 1. The van der Waals surface area contributed by atoms with Crippen molar-refractivity contribution in [3.05, 3.63) is 68.9 Å². The minimum atomic E-state index is -0.220. The summed E-state index contributed by atoms with van der Waals surface area (Å²) in [5, 5.41) is 0. The summed E-state index contributed by atoms with van der Waals surface area (Å²) in [5.41, 5.74) is 5.11. The van der Waals surface area contributed by atoms with E-state index in [9.17, 15) is 0 Å². The van der Waals surface area contributed by atoms with Crippen molar-refractivity contribution in [3.8, 4) is 0 Å². The molecule has 0 saturated heterocycles. The minimum Gasteiger partial charge on any atom is -0.483 e. The number of allylic oxidation sites excluding steroid dienone is 4. The fourth-order valence-corrected chi connectivity index (χ4v) is 4.05. The molecule has 1 heterocycles. The van der Waals surface area contributed by atoms with Gasteiger partial charge in [-0.2, -0.15) is 0 Å². The Hall–Kier alpha value is -1.28. The molecule has 21 heavy (non-hydrogen) atoms. The highest BCUT2D eigenvalue weighted by atomic mass is 79.9. The van der Waals surface area contributed by atoms with Crippen molar-refractivity contribution in [1.29, 1.82) is 0 Å². The molecular weight excluding hydrogens is 324 g/mol. The third-order valence-electron chi connectivity index (χ3n) is 4.08. The Kier molecular flexibility index (Phi) is 3.61. The molecule has 0 aromatic heterocycles. The number of aryl methyl sites for hydroxylation is 1. The molecule has 0 spiro atoms. The lowest BCUT2D eigenvalue weighted by Gasteiger charge is -2.36. The summed E-state index contributed by atoms with van der Waals surface area (Å²) in [4.78, 5) is 0. The molecule has 0 N–H and O–H groups in total. The van der Waals surface area contributed by atoms with Crippen LogP contribution in [0.25, 0.3) is 0 Å². The minimum absolute atomic E-state index is 0.220. The van der Waals surface area contributed by atoms with Gasteiger partial charge < -0.3 is 4.74 Å². The fraction of sp³-hybridized carbons (Fsp3) is 0.368. The van der Waals surface area contributed by atoms with E-state index in [2.05, 4.69) is 80.1 Å². The van der Waals surface area contributed by atoms with Crippen molar-refractivity contribution in [2.24, 2.45) is 0 Å². The van der Waals surface area contributed by atoms with Crippen LogP contribution in [0.3, 0.4) is 0 Å². The molecule has 1 aromatic rings. The van der Waals surface area contributed by atoms with E-state index in [0.29, 0.717) is 5.92 Å². The molecule has 1 aliphatic carbocycles. The second-order valence-corrected chi connectivity index (χ2v) is 7.48. The Morgan fingerprint density at radius 2 is 1.95 bits per heavy atom. The van der Waals surface area contributed by atoms with Crippen LogP contribution in [0.15, 0.2) is 57.8 Å². The average Bonchev–Trinajstić information content (AvgIpc) is 2.35. The normalized spacial score (nSPS) is 23.5. The number of hydrogen-bond donors (Lipinski definition) is 0. The van der Waals surface area contributed by atoms with Crippen LogP contribution in [0, 0.1) is 6.92 Å². The van der Waals surface area contributed by atoms with Crippen LogP contribution >= 0.6 is 15.9 Å². The zero-order chi connectivity index (χ0) is 15.2. The smallest absolute Gasteiger partial charge is 0.124 e. The molecule has 0 bridgehead atoms. The first kappa shape index (κ1) is 14.6. The Morgan fingerprint density at radius 1 is 1.19 bits per heavy atom. The largest absolute Gasteiger partial charge is 0.483 e. The molecule has 1 nitrogen and oxygen atoms in total. The quantitative estimate of drug-likeness (QED) is 0.624. The lowest BCUT2D eigenvalue weighted by Crippen LogP contribution is -2.28. The van der Waals surface area contributed by atoms with Crippen LogP contribution in [-0.2, 0) is 4.74 Å². The van der Waals surface area contributed by atoms with Gasteiger partial charge >= 0.3 is 0 Å². The number of halogens is 1. The maximum atomic E-state index is 6.17. The molecule has 0 unspecified atom stereocenters. The second kappa shape index (κ2) is 5.17. The summed E-state index contributed by atoms with van der Waals surface area (Å²) in [6, 6.07) is 6.67. The van der Waals surface area contributed by atoms with E-state index >= 15 is 0 Å². The van der Waals surface area contributed by atoms with E-state index < -0.39 is 0 Å². The van der Waals surface area contributed by atoms with Crippen molar-refractivity contribution < 1.29 is 4.74 Å². The molecule has 1 aliphatic heterocycles. The molecule has 2 heteroatoms. The molecule has 110 valence electrons. The third-order valence-corrected chi connectivity index (χ3v) is 4.54. The first-order valence-corrected chi connectivity index (χ1v) is 8.22. The lowest BCUT2D eigenvalue weighted by atomic mass is 9.79. The van der Waals surface area contributed by atoms with E-state index in [1.165, 1.54) is 22.3 Å². The highest BCUT2D eigenvalue weighted by Crippen LogP contribution is 2.43. The molecule has 0 saturated carbocycles. The Balaban J connectivity index is 2.08. The van der Waals surface area contributed by atoms with Crippen molar-refractivity contribution in [2.45, 2.75) is 45.6 Å². The summed E-state index contributed by atoms with van der Waals surface area (Å²) in [5.74, 6) is 1.42. The van der Waals surface area contributed by atoms with Crippen LogP contribution in [0.1, 0.15) is 44.2 Å². The maximum Gasteiger partial charge on any atom is 0.124 e. The number of rotatable bonds is 1. The van der Waals surface area contributed by atoms with Gasteiger partial charge in [0, 0.05) is 16.0 Å². The predicted octanol–water partition coefficient (Wildman–Crippen LogP) is 5.81. The van der Waals surface area contributed by atoms with Gasteiger partial charge in [0.1, 0.15) is 11.4 Å². The van der Waals surface area contributed by atoms with E-state index in [1.807, 2.05) is 0 Å². The molecule has 1 aromatic carbocycles. The summed E-state index contributed by atoms with van der Waals surface area (Å²) >= 11 is 3.62. The highest BCUT2D eigenvalue weighted by molar-refractivity contribution is 9.10. The van der Waals surface area contributed by atoms with Crippen molar-refractivity contribution in [3.63, 3.8) is 0 Å². The summed E-state index contributed by atoms with van der Waals surface area (Å²) < 4.78 is 7.31. The van der Waals surface area contributed by atoms with Crippen LogP contribution in [0.4, 0.5) is 0 Å². The Bertz CT molecular complexity index is 657. The fourth-order valence-electron chi connectivity index (χ4n) is 3.43. The summed E-state index contributed by atoms with van der Waals surface area (Å²) in [6.45, 7) is 8.57. The monoisotopic (exact) mass is 344 g/mol. The highest BCUT2D eigenvalue weighted by Gasteiger charge is 2.32. The van der Waals surface area contributed by atoms with Gasteiger partial charge in [0.05, 0.1) is 0 Å². The Labute approximate surface area is 135 Å². The van der Waals surface area contributed by atoms with Gasteiger partial charge in [-0.15, -0.1) is 0 Å². The molecule has 0 amide bonds. The van der Waals surface area contributed by atoms with Gasteiger partial charge in [-0.3, -0.25) is 0 Å². The SMILES string of the molecule is CC1=CC(C)(C)OC2=C1[C@@H](c1cc(C)cc(Br)c1)CC=C2.